The molecule has 0 saturated heterocycles. The first-order valence-corrected chi connectivity index (χ1v) is 8.44. The number of benzene rings is 1. The van der Waals surface area contributed by atoms with Crippen molar-refractivity contribution in [1.29, 1.82) is 0 Å². The summed E-state index contributed by atoms with van der Waals surface area (Å²) in [6, 6.07) is 20.7. The molecule has 124 valence electrons. The van der Waals surface area contributed by atoms with Gasteiger partial charge in [-0.05, 0) is 36.8 Å². The number of aromatic nitrogens is 3. The predicted octanol–water partition coefficient (Wildman–Crippen LogP) is 4.40. The van der Waals surface area contributed by atoms with Gasteiger partial charge in [0.15, 0.2) is 5.82 Å². The highest BCUT2D eigenvalue weighted by Gasteiger charge is 2.12. The van der Waals surface area contributed by atoms with Crippen molar-refractivity contribution in [2.75, 3.05) is 5.32 Å². The van der Waals surface area contributed by atoms with Crippen LogP contribution in [0.25, 0.3) is 10.9 Å². The fraction of sp³-hybridized carbons (Fsp3) is 0.143. The first-order chi connectivity index (χ1) is 12.3. The Kier molecular flexibility index (Phi) is 4.17. The highest BCUT2D eigenvalue weighted by Crippen LogP contribution is 2.26. The van der Waals surface area contributed by atoms with Crippen LogP contribution in [0.15, 0.2) is 73.1 Å². The summed E-state index contributed by atoms with van der Waals surface area (Å²) in [4.78, 5) is 9.05. The summed E-state index contributed by atoms with van der Waals surface area (Å²) in [6.07, 6.45) is 3.70. The van der Waals surface area contributed by atoms with Crippen molar-refractivity contribution in [1.82, 2.24) is 14.5 Å². The van der Waals surface area contributed by atoms with E-state index in [4.69, 9.17) is 0 Å². The molecule has 1 N–H and O–H groups in total. The molecule has 0 bridgehead atoms. The van der Waals surface area contributed by atoms with Gasteiger partial charge in [0.1, 0.15) is 0 Å². The van der Waals surface area contributed by atoms with Crippen molar-refractivity contribution in [3.63, 3.8) is 0 Å². The van der Waals surface area contributed by atoms with Gasteiger partial charge in [-0.15, -0.1) is 0 Å². The molecular weight excluding hydrogens is 308 g/mol. The van der Waals surface area contributed by atoms with E-state index in [-0.39, 0.29) is 0 Å². The third-order valence-corrected chi connectivity index (χ3v) is 4.36. The molecule has 0 fully saturated rings. The molecule has 0 aliphatic carbocycles. The van der Waals surface area contributed by atoms with Crippen LogP contribution in [0.4, 0.5) is 5.82 Å². The Balaban J connectivity index is 1.69. The van der Waals surface area contributed by atoms with Gasteiger partial charge in [-0.1, -0.05) is 36.4 Å². The maximum Gasteiger partial charge on any atom is 0.150 e. The molecule has 0 saturated carbocycles. The van der Waals surface area contributed by atoms with Crippen LogP contribution >= 0.6 is 0 Å². The molecule has 0 aliphatic rings. The average Bonchev–Trinajstić information content (AvgIpc) is 2.98. The van der Waals surface area contributed by atoms with Crippen LogP contribution in [-0.2, 0) is 13.1 Å². The molecule has 0 radical (unpaired) electrons. The molecule has 25 heavy (non-hydrogen) atoms. The van der Waals surface area contributed by atoms with Crippen LogP contribution in [0.2, 0.25) is 0 Å². The predicted molar refractivity (Wildman–Crippen MR) is 102 cm³/mol. The molecule has 0 aliphatic heterocycles. The van der Waals surface area contributed by atoms with E-state index in [1.54, 1.807) is 0 Å². The van der Waals surface area contributed by atoms with E-state index in [0.717, 1.165) is 30.1 Å². The Morgan fingerprint density at radius 2 is 1.76 bits per heavy atom. The second-order valence-electron chi connectivity index (χ2n) is 6.13. The number of rotatable bonds is 5. The number of aryl methyl sites for hydroxylation is 1. The number of nitrogens with one attached hydrogen (secondary N) is 1. The van der Waals surface area contributed by atoms with E-state index < -0.39 is 0 Å². The molecule has 3 aromatic heterocycles. The number of pyridine rings is 2. The normalized spacial score (nSPS) is 10.9. The molecule has 4 aromatic rings. The van der Waals surface area contributed by atoms with Crippen LogP contribution < -0.4 is 5.32 Å². The van der Waals surface area contributed by atoms with E-state index in [0.29, 0.717) is 0 Å². The second kappa shape index (κ2) is 6.77. The topological polar surface area (TPSA) is 42.7 Å². The minimum atomic E-state index is 0.738. The lowest BCUT2D eigenvalue weighted by Crippen LogP contribution is -2.07. The van der Waals surface area contributed by atoms with Crippen LogP contribution in [0.5, 0.6) is 0 Å². The fourth-order valence-electron chi connectivity index (χ4n) is 3.12. The van der Waals surface area contributed by atoms with E-state index in [1.165, 1.54) is 16.6 Å². The lowest BCUT2D eigenvalue weighted by Gasteiger charge is -2.12. The van der Waals surface area contributed by atoms with Crippen molar-refractivity contribution >= 4 is 16.7 Å². The van der Waals surface area contributed by atoms with Gasteiger partial charge >= 0.3 is 0 Å². The number of fused-ring (bicyclic) bond motifs is 1. The first kappa shape index (κ1) is 15.4. The monoisotopic (exact) mass is 328 g/mol. The maximum atomic E-state index is 4.59. The number of hydrogen-bond acceptors (Lipinski definition) is 3. The lowest BCUT2D eigenvalue weighted by atomic mass is 10.2. The fourth-order valence-corrected chi connectivity index (χ4v) is 3.12. The first-order valence-electron chi connectivity index (χ1n) is 8.44. The van der Waals surface area contributed by atoms with Gasteiger partial charge in [-0.25, -0.2) is 4.98 Å². The molecule has 0 unspecified atom stereocenters. The van der Waals surface area contributed by atoms with E-state index in [9.17, 15) is 0 Å². The SMILES string of the molecule is Cc1cc2ccnc(NCc3ccccc3)c2n1Cc1ccccn1. The summed E-state index contributed by atoms with van der Waals surface area (Å²) in [7, 11) is 0. The molecule has 4 rings (SSSR count). The summed E-state index contributed by atoms with van der Waals surface area (Å²) < 4.78 is 2.28. The van der Waals surface area contributed by atoms with Crippen LogP contribution in [0.1, 0.15) is 17.0 Å². The van der Waals surface area contributed by atoms with E-state index in [2.05, 4.69) is 69.2 Å². The summed E-state index contributed by atoms with van der Waals surface area (Å²) in [6.45, 7) is 3.62. The Morgan fingerprint density at radius 1 is 0.920 bits per heavy atom. The molecular formula is C21H20N4. The van der Waals surface area contributed by atoms with Crippen LogP contribution in [0, 0.1) is 6.92 Å². The highest BCUT2D eigenvalue weighted by molar-refractivity contribution is 5.90. The minimum absolute atomic E-state index is 0.738. The quantitative estimate of drug-likeness (QED) is 0.590. The van der Waals surface area contributed by atoms with Gasteiger partial charge in [0.05, 0.1) is 17.8 Å². The number of hydrogen-bond donors (Lipinski definition) is 1. The molecule has 0 spiro atoms. The zero-order chi connectivity index (χ0) is 17.1. The van der Waals surface area contributed by atoms with Gasteiger partial charge in [0.25, 0.3) is 0 Å². The zero-order valence-corrected chi connectivity index (χ0v) is 14.2. The molecule has 0 amide bonds. The Bertz CT molecular complexity index is 975. The van der Waals surface area contributed by atoms with E-state index >= 15 is 0 Å². The Morgan fingerprint density at radius 3 is 2.56 bits per heavy atom. The summed E-state index contributed by atoms with van der Waals surface area (Å²) in [5.41, 5.74) is 4.61. The summed E-state index contributed by atoms with van der Waals surface area (Å²) >= 11 is 0. The van der Waals surface area contributed by atoms with E-state index in [1.807, 2.05) is 30.6 Å². The molecule has 3 heterocycles. The second-order valence-corrected chi connectivity index (χ2v) is 6.13. The molecule has 0 atom stereocenters. The standard InChI is InChI=1S/C21H20N4/c1-16-13-18-10-12-23-21(24-14-17-7-3-2-4-8-17)20(18)25(16)15-19-9-5-6-11-22-19/h2-13H,14-15H2,1H3,(H,23,24). The smallest absolute Gasteiger partial charge is 0.150 e. The number of anilines is 1. The molecule has 4 nitrogen and oxygen atoms in total. The van der Waals surface area contributed by atoms with Gasteiger partial charge in [-0.3, -0.25) is 4.98 Å². The highest BCUT2D eigenvalue weighted by atomic mass is 15.1. The van der Waals surface area contributed by atoms with Gasteiger partial charge in [0.2, 0.25) is 0 Å². The van der Waals surface area contributed by atoms with Crippen molar-refractivity contribution < 1.29 is 0 Å². The summed E-state index contributed by atoms with van der Waals surface area (Å²) in [5, 5.41) is 4.68. The zero-order valence-electron chi connectivity index (χ0n) is 14.2. The third kappa shape index (κ3) is 3.24. The maximum absolute atomic E-state index is 4.59. The third-order valence-electron chi connectivity index (χ3n) is 4.36. The minimum Gasteiger partial charge on any atom is -0.364 e. The van der Waals surface area contributed by atoms with Crippen molar-refractivity contribution in [3.05, 3.63) is 90.0 Å². The Hall–Kier alpha value is -3.14. The van der Waals surface area contributed by atoms with Crippen molar-refractivity contribution in [2.24, 2.45) is 0 Å². The average molecular weight is 328 g/mol. The van der Waals surface area contributed by atoms with Crippen molar-refractivity contribution in [3.8, 4) is 0 Å². The van der Waals surface area contributed by atoms with Crippen molar-refractivity contribution in [2.45, 2.75) is 20.0 Å². The largest absolute Gasteiger partial charge is 0.364 e. The lowest BCUT2D eigenvalue weighted by molar-refractivity contribution is 0.779. The Labute approximate surface area is 147 Å². The summed E-state index contributed by atoms with van der Waals surface area (Å²) in [5.74, 6) is 0.908. The van der Waals surface area contributed by atoms with Gasteiger partial charge < -0.3 is 9.88 Å². The van der Waals surface area contributed by atoms with Crippen LogP contribution in [0.3, 0.4) is 0 Å². The number of nitrogens with zero attached hydrogens (tertiary/aromatic N) is 3. The van der Waals surface area contributed by atoms with Gasteiger partial charge in [0, 0.05) is 30.0 Å². The van der Waals surface area contributed by atoms with Gasteiger partial charge in [-0.2, -0.15) is 0 Å². The molecule has 4 heteroatoms. The van der Waals surface area contributed by atoms with Crippen LogP contribution in [-0.4, -0.2) is 14.5 Å². The molecule has 1 aromatic carbocycles.